The van der Waals surface area contributed by atoms with E-state index in [4.69, 9.17) is 27.9 Å². The fourth-order valence-corrected chi connectivity index (χ4v) is 2.10. The van der Waals surface area contributed by atoms with Crippen LogP contribution in [0.3, 0.4) is 0 Å². The molecule has 0 bridgehead atoms. The Bertz CT molecular complexity index is 363. The first-order chi connectivity index (χ1) is 8.46. The van der Waals surface area contributed by atoms with E-state index in [9.17, 15) is 5.11 Å². The average Bonchev–Trinajstić information content (AvgIpc) is 2.30. The van der Waals surface area contributed by atoms with E-state index in [0.29, 0.717) is 36.2 Å². The summed E-state index contributed by atoms with van der Waals surface area (Å²) in [5.74, 6) is 0. The molecule has 3 nitrogen and oxygen atoms in total. The summed E-state index contributed by atoms with van der Waals surface area (Å²) in [7, 11) is 1.62. The Kier molecular flexibility index (Phi) is 6.39. The highest BCUT2D eigenvalue weighted by Crippen LogP contribution is 2.24. The van der Waals surface area contributed by atoms with Crippen LogP contribution in [0.25, 0.3) is 0 Å². The van der Waals surface area contributed by atoms with E-state index in [1.165, 1.54) is 0 Å². The Labute approximate surface area is 118 Å². The van der Waals surface area contributed by atoms with Gasteiger partial charge < -0.3 is 15.2 Å². The first-order valence-corrected chi connectivity index (χ1v) is 6.57. The van der Waals surface area contributed by atoms with Crippen molar-refractivity contribution in [2.45, 2.75) is 25.5 Å². The van der Waals surface area contributed by atoms with Crippen molar-refractivity contribution in [1.82, 2.24) is 5.32 Å². The third-order valence-electron chi connectivity index (χ3n) is 2.71. The van der Waals surface area contributed by atoms with Gasteiger partial charge in [-0.25, -0.2) is 0 Å². The van der Waals surface area contributed by atoms with Crippen molar-refractivity contribution in [3.8, 4) is 0 Å². The summed E-state index contributed by atoms with van der Waals surface area (Å²) < 4.78 is 4.95. The number of benzene rings is 1. The zero-order chi connectivity index (χ0) is 13.6. The molecular weight excluding hydrogens is 273 g/mol. The van der Waals surface area contributed by atoms with Gasteiger partial charge >= 0.3 is 0 Å². The van der Waals surface area contributed by atoms with E-state index in [0.717, 1.165) is 5.56 Å². The third kappa shape index (κ3) is 5.12. The molecule has 0 amide bonds. The van der Waals surface area contributed by atoms with Crippen molar-refractivity contribution in [3.05, 3.63) is 33.8 Å². The van der Waals surface area contributed by atoms with Crippen LogP contribution in [0.2, 0.25) is 10.0 Å². The lowest BCUT2D eigenvalue weighted by molar-refractivity contribution is 0.0247. The molecular formula is C13H19Cl2NO2. The number of aliphatic hydroxyl groups is 1. The smallest absolute Gasteiger partial charge is 0.0765 e. The lowest BCUT2D eigenvalue weighted by Gasteiger charge is -2.23. The molecule has 0 aliphatic carbocycles. The number of hydrogen-bond donors (Lipinski definition) is 2. The maximum Gasteiger partial charge on any atom is 0.0765 e. The molecule has 1 atom stereocenters. The van der Waals surface area contributed by atoms with Gasteiger partial charge in [0.05, 0.1) is 5.60 Å². The van der Waals surface area contributed by atoms with Crippen LogP contribution in [-0.4, -0.2) is 31.0 Å². The highest BCUT2D eigenvalue weighted by molar-refractivity contribution is 6.35. The molecule has 0 spiro atoms. The van der Waals surface area contributed by atoms with E-state index < -0.39 is 5.60 Å². The second kappa shape index (κ2) is 7.31. The molecule has 0 saturated heterocycles. The lowest BCUT2D eigenvalue weighted by Crippen LogP contribution is -2.38. The summed E-state index contributed by atoms with van der Waals surface area (Å²) in [6.45, 7) is 3.29. The van der Waals surface area contributed by atoms with E-state index >= 15 is 0 Å². The van der Waals surface area contributed by atoms with E-state index in [1.807, 2.05) is 6.07 Å². The Hall–Kier alpha value is -0.320. The minimum absolute atomic E-state index is 0.456. The summed E-state index contributed by atoms with van der Waals surface area (Å²) in [5, 5.41) is 14.5. The largest absolute Gasteiger partial charge is 0.389 e. The van der Waals surface area contributed by atoms with Gasteiger partial charge in [0.25, 0.3) is 0 Å². The van der Waals surface area contributed by atoms with Gasteiger partial charge in [-0.05, 0) is 19.1 Å². The van der Waals surface area contributed by atoms with Crippen molar-refractivity contribution in [3.63, 3.8) is 0 Å². The molecule has 0 fully saturated rings. The lowest BCUT2D eigenvalue weighted by atomic mass is 10.0. The van der Waals surface area contributed by atoms with E-state index in [1.54, 1.807) is 26.2 Å². The quantitative estimate of drug-likeness (QED) is 0.812. The van der Waals surface area contributed by atoms with Crippen LogP contribution in [0.15, 0.2) is 18.2 Å². The number of ether oxygens (including phenoxy) is 1. The maximum absolute atomic E-state index is 10.1. The van der Waals surface area contributed by atoms with Gasteiger partial charge in [0, 0.05) is 48.8 Å². The number of methoxy groups -OCH3 is 1. The fraction of sp³-hybridized carbons (Fsp3) is 0.538. The molecule has 0 aromatic heterocycles. The summed E-state index contributed by atoms with van der Waals surface area (Å²) in [6, 6.07) is 5.41. The molecule has 0 saturated carbocycles. The molecule has 2 N–H and O–H groups in total. The molecule has 0 heterocycles. The van der Waals surface area contributed by atoms with Crippen molar-refractivity contribution >= 4 is 23.2 Å². The highest BCUT2D eigenvalue weighted by atomic mass is 35.5. The Morgan fingerprint density at radius 2 is 1.94 bits per heavy atom. The van der Waals surface area contributed by atoms with Crippen LogP contribution in [0.5, 0.6) is 0 Å². The van der Waals surface area contributed by atoms with Crippen molar-refractivity contribution in [2.24, 2.45) is 0 Å². The van der Waals surface area contributed by atoms with Gasteiger partial charge in [-0.3, -0.25) is 0 Å². The van der Waals surface area contributed by atoms with Crippen LogP contribution < -0.4 is 5.32 Å². The van der Waals surface area contributed by atoms with Gasteiger partial charge in [-0.1, -0.05) is 29.3 Å². The van der Waals surface area contributed by atoms with Gasteiger partial charge in [0.1, 0.15) is 0 Å². The van der Waals surface area contributed by atoms with Crippen LogP contribution in [-0.2, 0) is 11.3 Å². The minimum atomic E-state index is -0.802. The SMILES string of the molecule is COCCC(C)(O)CNCc1c(Cl)cccc1Cl. The zero-order valence-corrected chi connectivity index (χ0v) is 12.2. The van der Waals surface area contributed by atoms with Crippen molar-refractivity contribution < 1.29 is 9.84 Å². The summed E-state index contributed by atoms with van der Waals surface area (Å²) in [4.78, 5) is 0. The van der Waals surface area contributed by atoms with Crippen molar-refractivity contribution in [2.75, 3.05) is 20.3 Å². The Morgan fingerprint density at radius 3 is 2.50 bits per heavy atom. The first kappa shape index (κ1) is 15.7. The molecule has 0 aliphatic heterocycles. The maximum atomic E-state index is 10.1. The molecule has 0 aliphatic rings. The Balaban J connectivity index is 2.46. The third-order valence-corrected chi connectivity index (χ3v) is 3.42. The molecule has 0 radical (unpaired) electrons. The molecule has 1 rings (SSSR count). The van der Waals surface area contributed by atoms with E-state index in [2.05, 4.69) is 5.32 Å². The first-order valence-electron chi connectivity index (χ1n) is 5.81. The van der Waals surface area contributed by atoms with Crippen LogP contribution in [0.1, 0.15) is 18.9 Å². The number of halogens is 2. The summed E-state index contributed by atoms with van der Waals surface area (Å²) >= 11 is 12.1. The average molecular weight is 292 g/mol. The predicted molar refractivity (Wildman–Crippen MR) is 75.3 cm³/mol. The molecule has 102 valence electrons. The summed E-state index contributed by atoms with van der Waals surface area (Å²) in [6.07, 6.45) is 0.576. The van der Waals surface area contributed by atoms with Gasteiger partial charge in [-0.15, -0.1) is 0 Å². The van der Waals surface area contributed by atoms with Gasteiger partial charge in [0.15, 0.2) is 0 Å². The van der Waals surface area contributed by atoms with Gasteiger partial charge in [0.2, 0.25) is 0 Å². The van der Waals surface area contributed by atoms with E-state index in [-0.39, 0.29) is 0 Å². The Morgan fingerprint density at radius 1 is 1.33 bits per heavy atom. The summed E-state index contributed by atoms with van der Waals surface area (Å²) in [5.41, 5.74) is 0.0485. The number of hydrogen-bond acceptors (Lipinski definition) is 3. The van der Waals surface area contributed by atoms with Crippen LogP contribution >= 0.6 is 23.2 Å². The van der Waals surface area contributed by atoms with Crippen LogP contribution in [0.4, 0.5) is 0 Å². The minimum Gasteiger partial charge on any atom is -0.389 e. The zero-order valence-electron chi connectivity index (χ0n) is 10.7. The number of nitrogens with one attached hydrogen (secondary N) is 1. The molecule has 1 aromatic carbocycles. The van der Waals surface area contributed by atoms with Crippen LogP contribution in [0, 0.1) is 0 Å². The van der Waals surface area contributed by atoms with Crippen molar-refractivity contribution in [1.29, 1.82) is 0 Å². The fourth-order valence-electron chi connectivity index (χ4n) is 1.57. The molecule has 1 aromatic rings. The predicted octanol–water partition coefficient (Wildman–Crippen LogP) is 2.87. The normalized spacial score (nSPS) is 14.5. The molecule has 1 unspecified atom stereocenters. The van der Waals surface area contributed by atoms with Gasteiger partial charge in [-0.2, -0.15) is 0 Å². The monoisotopic (exact) mass is 291 g/mol. The molecule has 5 heteroatoms. The second-order valence-electron chi connectivity index (χ2n) is 4.54. The molecule has 18 heavy (non-hydrogen) atoms. The highest BCUT2D eigenvalue weighted by Gasteiger charge is 2.19. The topological polar surface area (TPSA) is 41.5 Å². The second-order valence-corrected chi connectivity index (χ2v) is 5.36. The number of rotatable bonds is 7. The standard InChI is InChI=1S/C13H19Cl2NO2/c1-13(17,6-7-18-2)9-16-8-10-11(14)4-3-5-12(10)15/h3-5,16-17H,6-9H2,1-2H3.